The second kappa shape index (κ2) is 10.8. The van der Waals surface area contributed by atoms with E-state index in [1.54, 1.807) is 51.1 Å². The van der Waals surface area contributed by atoms with E-state index in [0.29, 0.717) is 23.4 Å². The van der Waals surface area contributed by atoms with Crippen LogP contribution < -0.4 is 0 Å². The minimum absolute atomic E-state index is 0.0403. The molecule has 2 aromatic carbocycles. The normalized spacial score (nSPS) is 23.4. The molecule has 0 radical (unpaired) electrons. The van der Waals surface area contributed by atoms with Gasteiger partial charge in [0.25, 0.3) is 5.91 Å². The molecule has 2 aliphatic rings. The Balaban J connectivity index is 1.93. The van der Waals surface area contributed by atoms with Crippen molar-refractivity contribution in [1.29, 1.82) is 0 Å². The maximum absolute atomic E-state index is 15.4. The molecular weight excluding hydrogens is 556 g/mol. The fourth-order valence-corrected chi connectivity index (χ4v) is 6.49. The van der Waals surface area contributed by atoms with E-state index in [0.717, 1.165) is 0 Å². The molecule has 1 aliphatic heterocycles. The van der Waals surface area contributed by atoms with Gasteiger partial charge in [-0.2, -0.15) is 0 Å². The van der Waals surface area contributed by atoms with E-state index in [-0.39, 0.29) is 22.3 Å². The van der Waals surface area contributed by atoms with Gasteiger partial charge in [-0.15, -0.1) is 0 Å². The van der Waals surface area contributed by atoms with Crippen LogP contribution in [0.15, 0.2) is 42.5 Å². The molecule has 0 spiro atoms. The highest BCUT2D eigenvalue weighted by Crippen LogP contribution is 2.49. The summed E-state index contributed by atoms with van der Waals surface area (Å²) in [4.78, 5) is 27.1. The van der Waals surface area contributed by atoms with Crippen LogP contribution >= 0.6 is 23.2 Å². The maximum atomic E-state index is 15.4. The van der Waals surface area contributed by atoms with Crippen LogP contribution in [0, 0.1) is 11.7 Å². The number of halogens is 3. The van der Waals surface area contributed by atoms with Crippen molar-refractivity contribution in [3.8, 4) is 0 Å². The summed E-state index contributed by atoms with van der Waals surface area (Å²) in [5, 5.41) is 9.81. The molecule has 4 atom stereocenters. The van der Waals surface area contributed by atoms with E-state index < -0.39 is 63.0 Å². The monoisotopic (exact) mass is 585 g/mol. The molecule has 0 bridgehead atoms. The Bertz CT molecular complexity index is 1320. The number of benzene rings is 2. The molecular formula is C27H30Cl2FNO6S. The van der Waals surface area contributed by atoms with Crippen LogP contribution in [0.4, 0.5) is 4.39 Å². The highest BCUT2D eigenvalue weighted by Gasteiger charge is 2.52. The zero-order valence-corrected chi connectivity index (χ0v) is 23.6. The zero-order chi connectivity index (χ0) is 28.0. The first-order chi connectivity index (χ1) is 17.7. The van der Waals surface area contributed by atoms with Crippen molar-refractivity contribution in [1.82, 2.24) is 4.90 Å². The van der Waals surface area contributed by atoms with Gasteiger partial charge in [-0.1, -0.05) is 47.5 Å². The van der Waals surface area contributed by atoms with Crippen LogP contribution in [-0.4, -0.2) is 52.9 Å². The van der Waals surface area contributed by atoms with E-state index in [9.17, 15) is 23.1 Å². The molecule has 7 nitrogen and oxygen atoms in total. The summed E-state index contributed by atoms with van der Waals surface area (Å²) in [5.74, 6) is -3.11. The van der Waals surface area contributed by atoms with Crippen molar-refractivity contribution in [3.05, 3.63) is 69.5 Å². The first-order valence-corrected chi connectivity index (χ1v) is 14.7. The van der Waals surface area contributed by atoms with Crippen molar-refractivity contribution < 1.29 is 32.2 Å². The van der Waals surface area contributed by atoms with Crippen molar-refractivity contribution in [2.45, 2.75) is 69.1 Å². The fourth-order valence-electron chi connectivity index (χ4n) is 4.80. The van der Waals surface area contributed by atoms with Gasteiger partial charge in [0.15, 0.2) is 9.84 Å². The standard InChI is InChI=1S/C27H30Cl2FNO6S/c1-27(2,3)38(35,36)14-20(15-7-8-15)31-24(16-9-11-17(28)12-10-16)25(18-5-4-6-19(29)23(18)30)37-21(26(31)34)13-22(32)33/h4-6,9-12,15,20-21,24-25H,7-8,13-14H2,1-3H3,(H,32,33)/t20-,21+,24-,25-/m1/s1. The van der Waals surface area contributed by atoms with E-state index in [4.69, 9.17) is 27.9 Å². The van der Waals surface area contributed by atoms with Gasteiger partial charge in [0, 0.05) is 16.6 Å². The summed E-state index contributed by atoms with van der Waals surface area (Å²) in [6.45, 7) is 4.80. The number of hydrogen-bond donors (Lipinski definition) is 1. The molecule has 38 heavy (non-hydrogen) atoms. The van der Waals surface area contributed by atoms with Crippen LogP contribution in [0.25, 0.3) is 0 Å². The Hall–Kier alpha value is -2.20. The van der Waals surface area contributed by atoms with Gasteiger partial charge in [-0.3, -0.25) is 9.59 Å². The van der Waals surface area contributed by atoms with Gasteiger partial charge in [-0.05, 0) is 63.3 Å². The summed E-state index contributed by atoms with van der Waals surface area (Å²) in [6, 6.07) is 9.24. The highest BCUT2D eigenvalue weighted by molar-refractivity contribution is 7.92. The molecule has 1 aliphatic carbocycles. The third kappa shape index (κ3) is 5.86. The van der Waals surface area contributed by atoms with Crippen molar-refractivity contribution in [2.75, 3.05) is 5.75 Å². The molecule has 2 fully saturated rings. The lowest BCUT2D eigenvalue weighted by Gasteiger charge is -2.48. The molecule has 1 N–H and O–H groups in total. The zero-order valence-electron chi connectivity index (χ0n) is 21.2. The van der Waals surface area contributed by atoms with E-state index in [1.807, 2.05) is 0 Å². The summed E-state index contributed by atoms with van der Waals surface area (Å²) in [7, 11) is -3.69. The second-order valence-electron chi connectivity index (χ2n) is 10.8. The number of carbonyl (C=O) groups excluding carboxylic acids is 1. The molecule has 11 heteroatoms. The average molecular weight is 587 g/mol. The molecule has 0 unspecified atom stereocenters. The predicted molar refractivity (Wildman–Crippen MR) is 142 cm³/mol. The minimum Gasteiger partial charge on any atom is -0.481 e. The lowest BCUT2D eigenvalue weighted by molar-refractivity contribution is -0.183. The fraction of sp³-hybridized carbons (Fsp3) is 0.481. The number of carboxylic acid groups (broad SMARTS) is 1. The number of hydrogen-bond acceptors (Lipinski definition) is 5. The summed E-state index contributed by atoms with van der Waals surface area (Å²) < 4.78 is 47.1. The molecule has 1 heterocycles. The summed E-state index contributed by atoms with van der Waals surface area (Å²) in [5.41, 5.74) is 0.582. The molecule has 4 rings (SSSR count). The van der Waals surface area contributed by atoms with E-state index in [1.165, 1.54) is 17.0 Å². The number of nitrogens with zero attached hydrogens (tertiary/aromatic N) is 1. The van der Waals surface area contributed by atoms with Crippen LogP contribution in [0.5, 0.6) is 0 Å². The molecule has 206 valence electrons. The highest BCUT2D eigenvalue weighted by atomic mass is 35.5. The number of morpholine rings is 1. The van der Waals surface area contributed by atoms with E-state index in [2.05, 4.69) is 0 Å². The lowest BCUT2D eigenvalue weighted by Crippen LogP contribution is -2.58. The van der Waals surface area contributed by atoms with Gasteiger partial charge < -0.3 is 14.7 Å². The number of amides is 1. The van der Waals surface area contributed by atoms with Gasteiger partial charge >= 0.3 is 5.97 Å². The molecule has 0 aromatic heterocycles. The Labute approximate surface area is 231 Å². The van der Waals surface area contributed by atoms with Crippen LogP contribution in [-0.2, 0) is 24.2 Å². The molecule has 1 saturated heterocycles. The summed E-state index contributed by atoms with van der Waals surface area (Å²) >= 11 is 12.2. The smallest absolute Gasteiger partial charge is 0.306 e. The second-order valence-corrected chi connectivity index (χ2v) is 14.5. The number of sulfone groups is 1. The Morgan fingerprint density at radius 3 is 2.34 bits per heavy atom. The molecule has 1 amide bonds. The van der Waals surface area contributed by atoms with Crippen molar-refractivity contribution >= 4 is 44.9 Å². The van der Waals surface area contributed by atoms with Crippen LogP contribution in [0.2, 0.25) is 10.0 Å². The topological polar surface area (TPSA) is 101 Å². The lowest BCUT2D eigenvalue weighted by atomic mass is 9.89. The molecule has 2 aromatic rings. The predicted octanol–water partition coefficient (Wildman–Crippen LogP) is 5.61. The number of ether oxygens (including phenoxy) is 1. The first-order valence-electron chi connectivity index (χ1n) is 12.3. The van der Waals surface area contributed by atoms with Crippen molar-refractivity contribution in [3.63, 3.8) is 0 Å². The van der Waals surface area contributed by atoms with Crippen LogP contribution in [0.1, 0.15) is 63.3 Å². The van der Waals surface area contributed by atoms with Gasteiger partial charge in [0.05, 0.1) is 28.0 Å². The first kappa shape index (κ1) is 28.8. The average Bonchev–Trinajstić information content (AvgIpc) is 3.66. The van der Waals surface area contributed by atoms with Crippen LogP contribution in [0.3, 0.4) is 0 Å². The third-order valence-corrected chi connectivity index (χ3v) is 10.3. The quantitative estimate of drug-likeness (QED) is 0.432. The molecule has 1 saturated carbocycles. The Kier molecular flexibility index (Phi) is 8.15. The van der Waals surface area contributed by atoms with E-state index >= 15 is 4.39 Å². The largest absolute Gasteiger partial charge is 0.481 e. The number of rotatable bonds is 8. The number of aliphatic carboxylic acids is 1. The van der Waals surface area contributed by atoms with Crippen molar-refractivity contribution in [2.24, 2.45) is 5.92 Å². The third-order valence-electron chi connectivity index (χ3n) is 7.13. The Morgan fingerprint density at radius 1 is 1.16 bits per heavy atom. The van der Waals surface area contributed by atoms with Gasteiger partial charge in [-0.25, -0.2) is 12.8 Å². The maximum Gasteiger partial charge on any atom is 0.306 e. The Morgan fingerprint density at radius 2 is 1.79 bits per heavy atom. The number of carboxylic acids is 1. The minimum atomic E-state index is -3.69. The SMILES string of the molecule is CC(C)(C)S(=O)(=O)C[C@H](C1CC1)N1C(=O)[C@H](CC(=O)O)O[C@H](c2cccc(Cl)c2F)[C@H]1c1ccc(Cl)cc1. The van der Waals surface area contributed by atoms with Gasteiger partial charge in [0.1, 0.15) is 18.0 Å². The summed E-state index contributed by atoms with van der Waals surface area (Å²) in [6.07, 6.45) is -1.84. The van der Waals surface area contributed by atoms with Gasteiger partial charge in [0.2, 0.25) is 0 Å². The number of carbonyl (C=O) groups is 2.